The van der Waals surface area contributed by atoms with E-state index in [0.29, 0.717) is 13.1 Å². The summed E-state index contributed by atoms with van der Waals surface area (Å²) in [5.41, 5.74) is 0.904. The molecular formula is C25H34N4O2. The van der Waals surface area contributed by atoms with Gasteiger partial charge in [-0.1, -0.05) is 43.3 Å². The molecule has 0 radical (unpaired) electrons. The molecule has 2 heterocycles. The predicted octanol–water partition coefficient (Wildman–Crippen LogP) is 2.73. The van der Waals surface area contributed by atoms with Crippen LogP contribution in [0.2, 0.25) is 0 Å². The number of anilines is 1. The summed E-state index contributed by atoms with van der Waals surface area (Å²) in [4.78, 5) is 32.1. The first-order chi connectivity index (χ1) is 15.2. The topological polar surface area (TPSA) is 55.9 Å². The van der Waals surface area contributed by atoms with E-state index in [1.165, 1.54) is 0 Å². The summed E-state index contributed by atoms with van der Waals surface area (Å²) in [6.07, 6.45) is 2.36. The summed E-state index contributed by atoms with van der Waals surface area (Å²) in [6.45, 7) is 10.2. The van der Waals surface area contributed by atoms with E-state index in [-0.39, 0.29) is 24.2 Å². The summed E-state index contributed by atoms with van der Waals surface area (Å²) in [7, 11) is 0. The van der Waals surface area contributed by atoms with E-state index in [4.69, 9.17) is 0 Å². The molecule has 6 heteroatoms. The van der Waals surface area contributed by atoms with Crippen LogP contribution in [-0.4, -0.2) is 74.0 Å². The summed E-state index contributed by atoms with van der Waals surface area (Å²) >= 11 is 0. The first-order valence-corrected chi connectivity index (χ1v) is 11.7. The Bertz CT molecular complexity index is 902. The van der Waals surface area contributed by atoms with Crippen LogP contribution in [0.4, 0.5) is 5.69 Å². The van der Waals surface area contributed by atoms with Crippen LogP contribution in [0.5, 0.6) is 0 Å². The van der Waals surface area contributed by atoms with Crippen molar-refractivity contribution >= 4 is 28.3 Å². The molecule has 0 aliphatic carbocycles. The quantitative estimate of drug-likeness (QED) is 0.665. The van der Waals surface area contributed by atoms with Gasteiger partial charge in [-0.15, -0.1) is 0 Å². The van der Waals surface area contributed by atoms with E-state index in [0.717, 1.165) is 68.6 Å². The Kier molecular flexibility index (Phi) is 7.20. The second-order valence-corrected chi connectivity index (χ2v) is 8.68. The lowest BCUT2D eigenvalue weighted by Gasteiger charge is -2.33. The van der Waals surface area contributed by atoms with Crippen LogP contribution in [0.25, 0.3) is 10.8 Å². The van der Waals surface area contributed by atoms with Crippen LogP contribution in [0.15, 0.2) is 42.5 Å². The van der Waals surface area contributed by atoms with Crippen molar-refractivity contribution in [2.45, 2.75) is 26.2 Å². The maximum atomic E-state index is 12.7. The number of likely N-dealkylation sites (N-methyl/N-ethyl adjacent to an activating group) is 1. The Labute approximate surface area is 185 Å². The molecule has 1 N–H and O–H groups in total. The van der Waals surface area contributed by atoms with Gasteiger partial charge in [0.1, 0.15) is 0 Å². The molecule has 6 nitrogen and oxygen atoms in total. The molecule has 2 saturated heterocycles. The molecule has 0 aromatic heterocycles. The van der Waals surface area contributed by atoms with Gasteiger partial charge in [-0.05, 0) is 37.4 Å². The van der Waals surface area contributed by atoms with Gasteiger partial charge in [-0.2, -0.15) is 0 Å². The largest absolute Gasteiger partial charge is 0.356 e. The molecule has 2 fully saturated rings. The number of fused-ring (bicyclic) bond motifs is 1. The molecule has 166 valence electrons. The average molecular weight is 423 g/mol. The number of carbonyl (C=O) groups is 2. The minimum absolute atomic E-state index is 0.00708. The summed E-state index contributed by atoms with van der Waals surface area (Å²) in [5.74, 6) is -0.232. The zero-order valence-electron chi connectivity index (χ0n) is 18.6. The third-order valence-corrected chi connectivity index (χ3v) is 6.67. The van der Waals surface area contributed by atoms with Crippen LogP contribution in [0.3, 0.4) is 0 Å². The Morgan fingerprint density at radius 1 is 1.00 bits per heavy atom. The normalized spacial score (nSPS) is 20.5. The van der Waals surface area contributed by atoms with Crippen molar-refractivity contribution < 1.29 is 9.59 Å². The highest BCUT2D eigenvalue weighted by atomic mass is 16.2. The molecule has 0 spiro atoms. The van der Waals surface area contributed by atoms with E-state index in [1.807, 2.05) is 42.5 Å². The predicted molar refractivity (Wildman–Crippen MR) is 125 cm³/mol. The second kappa shape index (κ2) is 10.2. The van der Waals surface area contributed by atoms with Gasteiger partial charge in [-0.25, -0.2) is 0 Å². The standard InChI is InChI=1S/C25H34N4O2/c1-2-27-14-16-28(17-15-27)13-6-5-12-26-25(31)21-18-24(30)29(19-21)23-11-7-9-20-8-3-4-10-22(20)23/h3-4,7-11,21H,2,5-6,12-19H2,1H3,(H,26,31). The van der Waals surface area contributed by atoms with Crippen molar-refractivity contribution in [2.75, 3.05) is 57.3 Å². The van der Waals surface area contributed by atoms with E-state index >= 15 is 0 Å². The zero-order valence-corrected chi connectivity index (χ0v) is 18.6. The number of carbonyl (C=O) groups excluding carboxylic acids is 2. The number of nitrogens with zero attached hydrogens (tertiary/aromatic N) is 3. The van der Waals surface area contributed by atoms with Gasteiger partial charge in [0.25, 0.3) is 0 Å². The highest BCUT2D eigenvalue weighted by Crippen LogP contribution is 2.31. The average Bonchev–Trinajstić information content (AvgIpc) is 3.20. The third-order valence-electron chi connectivity index (χ3n) is 6.67. The van der Waals surface area contributed by atoms with E-state index < -0.39 is 0 Å². The highest BCUT2D eigenvalue weighted by Gasteiger charge is 2.35. The second-order valence-electron chi connectivity index (χ2n) is 8.68. The molecule has 0 saturated carbocycles. The van der Waals surface area contributed by atoms with Gasteiger partial charge < -0.3 is 20.0 Å². The fourth-order valence-corrected chi connectivity index (χ4v) is 4.71. The maximum Gasteiger partial charge on any atom is 0.227 e. The minimum atomic E-state index is -0.270. The Hall–Kier alpha value is -2.44. The molecule has 0 bridgehead atoms. The molecule has 2 aromatic rings. The molecule has 2 amide bonds. The lowest BCUT2D eigenvalue weighted by atomic mass is 10.1. The van der Waals surface area contributed by atoms with Gasteiger partial charge in [0.15, 0.2) is 0 Å². The van der Waals surface area contributed by atoms with Crippen molar-refractivity contribution in [3.8, 4) is 0 Å². The van der Waals surface area contributed by atoms with Gasteiger partial charge in [0.2, 0.25) is 11.8 Å². The molecule has 1 unspecified atom stereocenters. The van der Waals surface area contributed by atoms with Crippen molar-refractivity contribution in [3.05, 3.63) is 42.5 Å². The molecule has 2 aromatic carbocycles. The number of amides is 2. The Balaban J connectivity index is 1.22. The summed E-state index contributed by atoms with van der Waals surface area (Å²) in [6, 6.07) is 14.1. The number of piperazine rings is 1. The number of benzene rings is 2. The number of rotatable bonds is 8. The van der Waals surface area contributed by atoms with Gasteiger partial charge in [-0.3, -0.25) is 9.59 Å². The maximum absolute atomic E-state index is 12.7. The molecular weight excluding hydrogens is 388 g/mol. The lowest BCUT2D eigenvalue weighted by molar-refractivity contribution is -0.126. The van der Waals surface area contributed by atoms with Crippen molar-refractivity contribution in [1.82, 2.24) is 15.1 Å². The van der Waals surface area contributed by atoms with Gasteiger partial charge in [0, 0.05) is 51.1 Å². The molecule has 2 aliphatic rings. The molecule has 31 heavy (non-hydrogen) atoms. The van der Waals surface area contributed by atoms with Crippen molar-refractivity contribution in [1.29, 1.82) is 0 Å². The zero-order chi connectivity index (χ0) is 21.6. The first-order valence-electron chi connectivity index (χ1n) is 11.7. The Morgan fingerprint density at radius 3 is 2.55 bits per heavy atom. The number of unbranched alkanes of at least 4 members (excludes halogenated alkanes) is 1. The van der Waals surface area contributed by atoms with Crippen LogP contribution in [0.1, 0.15) is 26.2 Å². The smallest absolute Gasteiger partial charge is 0.227 e. The third kappa shape index (κ3) is 5.25. The Morgan fingerprint density at radius 2 is 1.74 bits per heavy atom. The fraction of sp³-hybridized carbons (Fsp3) is 0.520. The van der Waals surface area contributed by atoms with Crippen LogP contribution >= 0.6 is 0 Å². The molecule has 1 atom stereocenters. The number of hydrogen-bond acceptors (Lipinski definition) is 4. The van der Waals surface area contributed by atoms with Crippen LogP contribution in [-0.2, 0) is 9.59 Å². The van der Waals surface area contributed by atoms with Crippen molar-refractivity contribution in [3.63, 3.8) is 0 Å². The SMILES string of the molecule is CCN1CCN(CCCCNC(=O)C2CC(=O)N(c3cccc4ccccc34)C2)CC1. The fourth-order valence-electron chi connectivity index (χ4n) is 4.71. The van der Waals surface area contributed by atoms with Crippen molar-refractivity contribution in [2.24, 2.45) is 5.92 Å². The van der Waals surface area contributed by atoms with E-state index in [9.17, 15) is 9.59 Å². The minimum Gasteiger partial charge on any atom is -0.356 e. The summed E-state index contributed by atoms with van der Waals surface area (Å²) in [5, 5.41) is 5.23. The monoisotopic (exact) mass is 422 g/mol. The first kappa shape index (κ1) is 21.8. The molecule has 2 aliphatic heterocycles. The van der Waals surface area contributed by atoms with Crippen LogP contribution in [0, 0.1) is 5.92 Å². The number of hydrogen-bond donors (Lipinski definition) is 1. The summed E-state index contributed by atoms with van der Waals surface area (Å²) < 4.78 is 0. The van der Waals surface area contributed by atoms with Gasteiger partial charge >= 0.3 is 0 Å². The van der Waals surface area contributed by atoms with E-state index in [1.54, 1.807) is 4.90 Å². The van der Waals surface area contributed by atoms with Gasteiger partial charge in [0.05, 0.1) is 11.6 Å². The molecule has 4 rings (SSSR count). The number of nitrogens with one attached hydrogen (secondary N) is 1. The lowest BCUT2D eigenvalue weighted by Crippen LogP contribution is -2.46. The van der Waals surface area contributed by atoms with Crippen LogP contribution < -0.4 is 10.2 Å². The van der Waals surface area contributed by atoms with E-state index in [2.05, 4.69) is 22.0 Å². The highest BCUT2D eigenvalue weighted by molar-refractivity contribution is 6.06.